The number of carbonyl (C=O) groups is 1. The number of piperidine rings is 1. The van der Waals surface area contributed by atoms with Gasteiger partial charge in [0.2, 0.25) is 0 Å². The van der Waals surface area contributed by atoms with E-state index >= 15 is 0 Å². The van der Waals surface area contributed by atoms with Gasteiger partial charge < -0.3 is 9.32 Å². The van der Waals surface area contributed by atoms with Crippen molar-refractivity contribution in [3.8, 4) is 0 Å². The highest BCUT2D eigenvalue weighted by molar-refractivity contribution is 6.29. The lowest BCUT2D eigenvalue weighted by Crippen LogP contribution is -2.44. The second-order valence-electron chi connectivity index (χ2n) is 5.45. The minimum atomic E-state index is -0.00840. The van der Waals surface area contributed by atoms with Gasteiger partial charge in [0.1, 0.15) is 0 Å². The van der Waals surface area contributed by atoms with E-state index in [1.54, 1.807) is 12.1 Å². The third-order valence-corrected chi connectivity index (χ3v) is 4.57. The first kappa shape index (κ1) is 12.1. The number of furan rings is 1. The standard InChI is InChI=1S/C14H18ClNO2/c15-13-6-5-12(18-13)14(17)16-8-7-10-3-1-2-4-11(10)9-16/h5-6,10-11H,1-4,7-9H2. The molecule has 2 atom stereocenters. The van der Waals surface area contributed by atoms with Crippen LogP contribution >= 0.6 is 11.6 Å². The van der Waals surface area contributed by atoms with Crippen LogP contribution in [0.3, 0.4) is 0 Å². The number of halogens is 1. The summed E-state index contributed by atoms with van der Waals surface area (Å²) in [4.78, 5) is 14.2. The Bertz CT molecular complexity index is 443. The summed E-state index contributed by atoms with van der Waals surface area (Å²) < 4.78 is 5.21. The molecule has 0 spiro atoms. The van der Waals surface area contributed by atoms with Gasteiger partial charge >= 0.3 is 0 Å². The molecule has 1 saturated heterocycles. The highest BCUT2D eigenvalue weighted by Crippen LogP contribution is 2.36. The summed E-state index contributed by atoms with van der Waals surface area (Å²) in [5.74, 6) is 1.89. The fourth-order valence-electron chi connectivity index (χ4n) is 3.37. The first-order valence-electron chi connectivity index (χ1n) is 6.78. The second kappa shape index (κ2) is 4.96. The number of carbonyl (C=O) groups excluding carboxylic acids is 1. The van der Waals surface area contributed by atoms with E-state index in [0.717, 1.165) is 25.4 Å². The number of fused-ring (bicyclic) bond motifs is 1. The lowest BCUT2D eigenvalue weighted by atomic mass is 9.75. The highest BCUT2D eigenvalue weighted by atomic mass is 35.5. The number of nitrogens with zero attached hydrogens (tertiary/aromatic N) is 1. The molecule has 2 heterocycles. The quantitative estimate of drug-likeness (QED) is 0.779. The van der Waals surface area contributed by atoms with Gasteiger partial charge in [-0.3, -0.25) is 4.79 Å². The number of hydrogen-bond acceptors (Lipinski definition) is 2. The Kier molecular flexibility index (Phi) is 3.33. The van der Waals surface area contributed by atoms with E-state index in [-0.39, 0.29) is 11.1 Å². The van der Waals surface area contributed by atoms with Gasteiger partial charge in [-0.25, -0.2) is 0 Å². The largest absolute Gasteiger partial charge is 0.440 e. The third kappa shape index (κ3) is 2.28. The Hall–Kier alpha value is -0.960. The van der Waals surface area contributed by atoms with Crippen LogP contribution in [0.5, 0.6) is 0 Å². The van der Waals surface area contributed by atoms with E-state index in [1.807, 2.05) is 4.90 Å². The third-order valence-electron chi connectivity index (χ3n) is 4.36. The summed E-state index contributed by atoms with van der Waals surface area (Å²) in [6.45, 7) is 1.75. The molecule has 1 aromatic heterocycles. The smallest absolute Gasteiger partial charge is 0.289 e. The summed E-state index contributed by atoms with van der Waals surface area (Å²) in [6.07, 6.45) is 6.44. The lowest BCUT2D eigenvalue weighted by molar-refractivity contribution is 0.0492. The van der Waals surface area contributed by atoms with Gasteiger partial charge in [-0.1, -0.05) is 19.3 Å². The van der Waals surface area contributed by atoms with Crippen molar-refractivity contribution in [2.75, 3.05) is 13.1 Å². The van der Waals surface area contributed by atoms with Gasteiger partial charge in [-0.2, -0.15) is 0 Å². The molecule has 1 aliphatic heterocycles. The monoisotopic (exact) mass is 267 g/mol. The number of hydrogen-bond donors (Lipinski definition) is 0. The van der Waals surface area contributed by atoms with Crippen molar-refractivity contribution in [3.63, 3.8) is 0 Å². The van der Waals surface area contributed by atoms with Gasteiger partial charge in [0.15, 0.2) is 11.0 Å². The topological polar surface area (TPSA) is 33.5 Å². The SMILES string of the molecule is O=C(c1ccc(Cl)o1)N1CCC2CCCCC2C1. The Balaban J connectivity index is 1.68. The molecule has 3 nitrogen and oxygen atoms in total. The van der Waals surface area contributed by atoms with Crippen molar-refractivity contribution in [2.24, 2.45) is 11.8 Å². The maximum atomic E-state index is 12.3. The van der Waals surface area contributed by atoms with Crippen molar-refractivity contribution in [1.82, 2.24) is 4.90 Å². The molecule has 0 aromatic carbocycles. The first-order valence-corrected chi connectivity index (χ1v) is 7.16. The van der Waals surface area contributed by atoms with Crippen molar-refractivity contribution in [1.29, 1.82) is 0 Å². The molecule has 4 heteroatoms. The molecule has 1 saturated carbocycles. The summed E-state index contributed by atoms with van der Waals surface area (Å²) >= 11 is 5.72. The fourth-order valence-corrected chi connectivity index (χ4v) is 3.52. The zero-order valence-electron chi connectivity index (χ0n) is 10.4. The molecule has 0 radical (unpaired) electrons. The Labute approximate surface area is 112 Å². The van der Waals surface area contributed by atoms with Crippen molar-refractivity contribution in [2.45, 2.75) is 32.1 Å². The molecule has 2 fully saturated rings. The van der Waals surface area contributed by atoms with Gasteiger partial charge in [0.05, 0.1) is 0 Å². The van der Waals surface area contributed by atoms with Crippen LogP contribution in [0, 0.1) is 11.8 Å². The van der Waals surface area contributed by atoms with Crippen LogP contribution in [-0.4, -0.2) is 23.9 Å². The molecule has 0 N–H and O–H groups in total. The van der Waals surface area contributed by atoms with Crippen LogP contribution in [0.4, 0.5) is 0 Å². The van der Waals surface area contributed by atoms with E-state index in [0.29, 0.717) is 11.7 Å². The lowest BCUT2D eigenvalue weighted by Gasteiger charge is -2.41. The van der Waals surface area contributed by atoms with Gasteiger partial charge in [-0.05, 0) is 48.4 Å². The second-order valence-corrected chi connectivity index (χ2v) is 5.82. The van der Waals surface area contributed by atoms with E-state index in [2.05, 4.69) is 0 Å². The van der Waals surface area contributed by atoms with Crippen LogP contribution in [-0.2, 0) is 0 Å². The Morgan fingerprint density at radius 2 is 2.00 bits per heavy atom. The summed E-state index contributed by atoms with van der Waals surface area (Å²) in [5, 5.41) is 0.283. The van der Waals surface area contributed by atoms with Crippen LogP contribution < -0.4 is 0 Å². The number of rotatable bonds is 1. The fraction of sp³-hybridized carbons (Fsp3) is 0.643. The molecule has 1 aliphatic carbocycles. The molecule has 2 aliphatic rings. The van der Waals surface area contributed by atoms with Crippen LogP contribution in [0.1, 0.15) is 42.7 Å². The van der Waals surface area contributed by atoms with Crippen LogP contribution in [0.25, 0.3) is 0 Å². The molecule has 98 valence electrons. The maximum absolute atomic E-state index is 12.3. The molecule has 1 amide bonds. The summed E-state index contributed by atoms with van der Waals surface area (Å²) in [7, 11) is 0. The van der Waals surface area contributed by atoms with Gasteiger partial charge in [0.25, 0.3) is 5.91 Å². The zero-order chi connectivity index (χ0) is 12.5. The van der Waals surface area contributed by atoms with E-state index < -0.39 is 0 Å². The zero-order valence-corrected chi connectivity index (χ0v) is 11.2. The van der Waals surface area contributed by atoms with Crippen LogP contribution in [0.15, 0.2) is 16.5 Å². The molecule has 3 rings (SSSR count). The minimum absolute atomic E-state index is 0.00840. The molecular formula is C14H18ClNO2. The molecule has 2 unspecified atom stereocenters. The minimum Gasteiger partial charge on any atom is -0.440 e. The molecule has 1 aromatic rings. The average Bonchev–Trinajstić information content (AvgIpc) is 2.84. The predicted octanol–water partition coefficient (Wildman–Crippen LogP) is 3.59. The van der Waals surface area contributed by atoms with Crippen LogP contribution in [0.2, 0.25) is 5.22 Å². The van der Waals surface area contributed by atoms with Crippen molar-refractivity contribution in [3.05, 3.63) is 23.1 Å². The Morgan fingerprint density at radius 3 is 2.72 bits per heavy atom. The van der Waals surface area contributed by atoms with E-state index in [1.165, 1.54) is 25.7 Å². The summed E-state index contributed by atoms with van der Waals surface area (Å²) in [5.41, 5.74) is 0. The Morgan fingerprint density at radius 1 is 1.22 bits per heavy atom. The van der Waals surface area contributed by atoms with Gasteiger partial charge in [-0.15, -0.1) is 0 Å². The van der Waals surface area contributed by atoms with E-state index in [4.69, 9.17) is 16.0 Å². The number of amides is 1. The molecule has 0 bridgehead atoms. The van der Waals surface area contributed by atoms with Gasteiger partial charge in [0, 0.05) is 13.1 Å². The van der Waals surface area contributed by atoms with E-state index in [9.17, 15) is 4.79 Å². The molecular weight excluding hydrogens is 250 g/mol. The number of likely N-dealkylation sites (tertiary alicyclic amines) is 1. The molecule has 18 heavy (non-hydrogen) atoms. The predicted molar refractivity (Wildman–Crippen MR) is 69.7 cm³/mol. The van der Waals surface area contributed by atoms with Crippen molar-refractivity contribution >= 4 is 17.5 Å². The summed E-state index contributed by atoms with van der Waals surface area (Å²) in [6, 6.07) is 3.29. The highest BCUT2D eigenvalue weighted by Gasteiger charge is 2.33. The normalized spacial score (nSPS) is 27.9. The van der Waals surface area contributed by atoms with Crippen molar-refractivity contribution < 1.29 is 9.21 Å². The average molecular weight is 268 g/mol. The maximum Gasteiger partial charge on any atom is 0.289 e. The first-order chi connectivity index (χ1) is 8.74.